The topological polar surface area (TPSA) is 149 Å². The number of nitrogens with zero attached hydrogens (tertiary/aromatic N) is 2. The van der Waals surface area contributed by atoms with Crippen LogP contribution in [0.1, 0.15) is 96.2 Å². The number of aliphatic hydroxyl groups excluding tert-OH is 1. The lowest BCUT2D eigenvalue weighted by atomic mass is 9.85. The lowest BCUT2D eigenvalue weighted by Gasteiger charge is -2.35. The molecule has 1 aromatic heterocycles. The number of β-amino-alcohol motifs (C(OH)–C–C–N with tert-alkyl or cyclic N) is 1. The number of nitrogens with one attached hydrogen (secondary N) is 2. The molecule has 3 atom stereocenters. The number of rotatable bonds is 16. The first kappa shape index (κ1) is 35.2. The summed E-state index contributed by atoms with van der Waals surface area (Å²) in [5, 5.41) is 25.0. The predicted octanol–water partition coefficient (Wildman–Crippen LogP) is 4.82. The fourth-order valence-corrected chi connectivity index (χ4v) is 6.27. The maximum Gasteiger partial charge on any atom is 0.303 e. The molecule has 1 saturated heterocycles. The molecule has 1 aliphatic heterocycles. The summed E-state index contributed by atoms with van der Waals surface area (Å²) in [6.45, 7) is 7.92. The molecule has 3 rings (SSSR count). The Kier molecular flexibility index (Phi) is 13.3. The molecule has 242 valence electrons. The molecule has 1 unspecified atom stereocenters. The average Bonchev–Trinajstić information content (AvgIpc) is 3.58. The second kappa shape index (κ2) is 16.7. The van der Waals surface area contributed by atoms with E-state index in [1.54, 1.807) is 11.3 Å². The molecule has 10 nitrogen and oxygen atoms in total. The van der Waals surface area contributed by atoms with E-state index in [2.05, 4.69) is 15.6 Å². The standard InChI is InChI=1S/C33H48N4O6S/c1-22-29(44-21-35-22)24-16-14-23(15-17-24)19-34-31(42)26-18-25(38)20-37(26)32(43)30(33(2,3)4)36-27(39)12-10-8-6-5-7-9-11-13-28(40)41/h14-17,21,25-26,30,38H,5-13,18-20H2,1-4H3,(H,34,42)(H,36,39)(H,40,41)/t25?,26-,30+/m0/s1. The molecule has 11 heteroatoms. The molecule has 1 fully saturated rings. The second-order valence-corrected chi connectivity index (χ2v) is 13.7. The van der Waals surface area contributed by atoms with Gasteiger partial charge in [-0.2, -0.15) is 0 Å². The zero-order chi connectivity index (χ0) is 32.3. The van der Waals surface area contributed by atoms with Crippen molar-refractivity contribution in [1.29, 1.82) is 0 Å². The molecule has 1 aromatic carbocycles. The average molecular weight is 629 g/mol. The van der Waals surface area contributed by atoms with E-state index in [1.165, 1.54) is 4.90 Å². The number of thiazole rings is 1. The number of carbonyl (C=O) groups is 4. The molecule has 2 heterocycles. The van der Waals surface area contributed by atoms with Gasteiger partial charge in [-0.15, -0.1) is 11.3 Å². The van der Waals surface area contributed by atoms with E-state index in [-0.39, 0.29) is 43.7 Å². The summed E-state index contributed by atoms with van der Waals surface area (Å²) < 4.78 is 0. The number of unbranched alkanes of at least 4 members (excludes halogenated alkanes) is 6. The maximum atomic E-state index is 13.8. The largest absolute Gasteiger partial charge is 0.481 e. The van der Waals surface area contributed by atoms with Crippen LogP contribution in [-0.2, 0) is 25.7 Å². The molecule has 2 aromatic rings. The number of likely N-dealkylation sites (tertiary alicyclic amines) is 1. The molecular formula is C33H48N4O6S. The lowest BCUT2D eigenvalue weighted by molar-refractivity contribution is -0.144. The van der Waals surface area contributed by atoms with E-state index in [4.69, 9.17) is 5.11 Å². The summed E-state index contributed by atoms with van der Waals surface area (Å²) in [6, 6.07) is 6.24. The van der Waals surface area contributed by atoms with Crippen LogP contribution < -0.4 is 10.6 Å². The summed E-state index contributed by atoms with van der Waals surface area (Å²) in [5.41, 5.74) is 4.17. The van der Waals surface area contributed by atoms with Crippen LogP contribution in [0.25, 0.3) is 10.4 Å². The number of carboxylic acids is 1. The summed E-state index contributed by atoms with van der Waals surface area (Å²) >= 11 is 1.58. The number of hydrogen-bond donors (Lipinski definition) is 4. The number of amides is 3. The van der Waals surface area contributed by atoms with Crippen molar-refractivity contribution in [1.82, 2.24) is 20.5 Å². The van der Waals surface area contributed by atoms with Gasteiger partial charge in [-0.1, -0.05) is 77.1 Å². The van der Waals surface area contributed by atoms with Crippen molar-refractivity contribution in [2.24, 2.45) is 5.41 Å². The van der Waals surface area contributed by atoms with Gasteiger partial charge in [-0.25, -0.2) is 4.98 Å². The Morgan fingerprint density at radius 2 is 1.61 bits per heavy atom. The SMILES string of the molecule is Cc1ncsc1-c1ccc(CNC(=O)[C@@H]2CC(O)CN2C(=O)[C@@H](NC(=O)CCCCCCCCCC(=O)O)C(C)(C)C)cc1. The van der Waals surface area contributed by atoms with Crippen LogP contribution in [0.2, 0.25) is 0 Å². The van der Waals surface area contributed by atoms with E-state index >= 15 is 0 Å². The molecule has 4 N–H and O–H groups in total. The molecule has 0 bridgehead atoms. The minimum absolute atomic E-state index is 0.0364. The van der Waals surface area contributed by atoms with Crippen LogP contribution in [0, 0.1) is 12.3 Å². The highest BCUT2D eigenvalue weighted by Gasteiger charge is 2.44. The van der Waals surface area contributed by atoms with Gasteiger partial charge in [0.25, 0.3) is 0 Å². The maximum absolute atomic E-state index is 13.8. The molecule has 3 amide bonds. The van der Waals surface area contributed by atoms with Crippen LogP contribution in [0.5, 0.6) is 0 Å². The van der Waals surface area contributed by atoms with Crippen LogP contribution >= 0.6 is 11.3 Å². The predicted molar refractivity (Wildman–Crippen MR) is 171 cm³/mol. The summed E-state index contributed by atoms with van der Waals surface area (Å²) in [6.07, 6.45) is 5.95. The van der Waals surface area contributed by atoms with Crippen LogP contribution in [0.3, 0.4) is 0 Å². The van der Waals surface area contributed by atoms with Crippen molar-refractivity contribution >= 4 is 35.0 Å². The van der Waals surface area contributed by atoms with Gasteiger partial charge < -0.3 is 25.7 Å². The van der Waals surface area contributed by atoms with Crippen molar-refractivity contribution in [3.8, 4) is 10.4 Å². The Bertz CT molecular complexity index is 1260. The molecule has 44 heavy (non-hydrogen) atoms. The lowest BCUT2D eigenvalue weighted by Crippen LogP contribution is -2.57. The Balaban J connectivity index is 1.50. The zero-order valence-corrected chi connectivity index (χ0v) is 27.3. The number of carbonyl (C=O) groups excluding carboxylic acids is 3. The van der Waals surface area contributed by atoms with E-state index in [1.807, 2.05) is 57.5 Å². The monoisotopic (exact) mass is 628 g/mol. The van der Waals surface area contributed by atoms with E-state index in [9.17, 15) is 24.3 Å². The normalized spacial score (nSPS) is 17.3. The van der Waals surface area contributed by atoms with E-state index in [0.29, 0.717) is 19.3 Å². The third kappa shape index (κ3) is 10.7. The first-order valence-corrected chi connectivity index (χ1v) is 16.5. The number of aliphatic carboxylic acids is 1. The van der Waals surface area contributed by atoms with Gasteiger partial charge in [0.05, 0.1) is 22.2 Å². The minimum atomic E-state index is -0.840. The van der Waals surface area contributed by atoms with Gasteiger partial charge in [0.2, 0.25) is 17.7 Å². The number of benzene rings is 1. The number of carboxylic acid groups (broad SMARTS) is 1. The smallest absolute Gasteiger partial charge is 0.303 e. The fourth-order valence-electron chi connectivity index (χ4n) is 5.46. The molecular weight excluding hydrogens is 580 g/mol. The number of aryl methyl sites for hydroxylation is 1. The third-order valence-corrected chi connectivity index (χ3v) is 8.98. The Labute approximate surface area is 264 Å². The Morgan fingerprint density at radius 3 is 2.18 bits per heavy atom. The highest BCUT2D eigenvalue weighted by molar-refractivity contribution is 7.13. The Morgan fingerprint density at radius 1 is 1.00 bits per heavy atom. The summed E-state index contributed by atoms with van der Waals surface area (Å²) in [7, 11) is 0. The van der Waals surface area contributed by atoms with Gasteiger partial charge in [0.15, 0.2) is 0 Å². The number of hydrogen-bond acceptors (Lipinski definition) is 7. The minimum Gasteiger partial charge on any atom is -0.481 e. The molecule has 1 aliphatic rings. The van der Waals surface area contributed by atoms with Crippen molar-refractivity contribution < 1.29 is 29.4 Å². The van der Waals surface area contributed by atoms with Gasteiger partial charge >= 0.3 is 5.97 Å². The van der Waals surface area contributed by atoms with E-state index in [0.717, 1.165) is 53.8 Å². The molecule has 0 radical (unpaired) electrons. The summed E-state index contributed by atoms with van der Waals surface area (Å²) in [4.78, 5) is 57.3. The third-order valence-electron chi connectivity index (χ3n) is 8.01. The van der Waals surface area contributed by atoms with Crippen molar-refractivity contribution in [2.45, 2.75) is 117 Å². The Hall–Kier alpha value is -3.31. The van der Waals surface area contributed by atoms with Gasteiger partial charge in [-0.05, 0) is 36.3 Å². The number of aliphatic hydroxyl groups is 1. The van der Waals surface area contributed by atoms with Crippen molar-refractivity contribution in [3.63, 3.8) is 0 Å². The van der Waals surface area contributed by atoms with Crippen LogP contribution in [0.15, 0.2) is 29.8 Å². The first-order valence-electron chi connectivity index (χ1n) is 15.6. The zero-order valence-electron chi connectivity index (χ0n) is 26.4. The van der Waals surface area contributed by atoms with Gasteiger partial charge in [0.1, 0.15) is 12.1 Å². The fraction of sp³-hybridized carbons (Fsp3) is 0.606. The van der Waals surface area contributed by atoms with Crippen LogP contribution in [0.4, 0.5) is 0 Å². The second-order valence-electron chi connectivity index (χ2n) is 12.8. The van der Waals surface area contributed by atoms with Crippen molar-refractivity contribution in [3.05, 3.63) is 41.0 Å². The van der Waals surface area contributed by atoms with E-state index < -0.39 is 29.6 Å². The number of aromatic nitrogens is 1. The van der Waals surface area contributed by atoms with Gasteiger partial charge in [-0.3, -0.25) is 19.2 Å². The van der Waals surface area contributed by atoms with Crippen LogP contribution in [-0.4, -0.2) is 68.5 Å². The summed E-state index contributed by atoms with van der Waals surface area (Å²) in [5.74, 6) is -1.67. The molecule has 0 aliphatic carbocycles. The quantitative estimate of drug-likeness (QED) is 0.195. The highest BCUT2D eigenvalue weighted by atomic mass is 32.1. The molecule has 0 spiro atoms. The van der Waals surface area contributed by atoms with Crippen molar-refractivity contribution in [2.75, 3.05) is 6.54 Å². The van der Waals surface area contributed by atoms with Gasteiger partial charge in [0, 0.05) is 32.4 Å². The molecule has 0 saturated carbocycles. The highest BCUT2D eigenvalue weighted by Crippen LogP contribution is 2.28. The first-order chi connectivity index (χ1) is 20.9.